The number of hydrogen-bond donors (Lipinski definition) is 1. The molecule has 2 aromatic heterocycles. The number of hydrogen-bond acceptors (Lipinski definition) is 7. The van der Waals surface area contributed by atoms with Crippen LogP contribution in [0, 0.1) is 0 Å². The molecule has 0 aliphatic carbocycles. The molecule has 0 saturated carbocycles. The van der Waals surface area contributed by atoms with Crippen molar-refractivity contribution < 1.29 is 0 Å². The molecule has 2 aromatic rings. The smallest absolute Gasteiger partial charge is 0.221 e. The van der Waals surface area contributed by atoms with Crippen LogP contribution in [-0.2, 0) is 0 Å². The average molecular weight is 262 g/mol. The van der Waals surface area contributed by atoms with Gasteiger partial charge in [-0.1, -0.05) is 0 Å². The van der Waals surface area contributed by atoms with E-state index in [-0.39, 0.29) is 0 Å². The summed E-state index contributed by atoms with van der Waals surface area (Å²) in [5, 5.41) is 3.10. The zero-order valence-electron chi connectivity index (χ0n) is 9.86. The van der Waals surface area contributed by atoms with E-state index >= 15 is 0 Å². The number of nitrogens with zero attached hydrogens (tertiary/aromatic N) is 5. The van der Waals surface area contributed by atoms with Crippen molar-refractivity contribution >= 4 is 28.2 Å². The van der Waals surface area contributed by atoms with E-state index in [2.05, 4.69) is 24.8 Å². The van der Waals surface area contributed by atoms with Crippen molar-refractivity contribution in [2.45, 2.75) is 0 Å². The zero-order valence-corrected chi connectivity index (χ0v) is 10.7. The Morgan fingerprint density at radius 1 is 1.06 bits per heavy atom. The summed E-state index contributed by atoms with van der Waals surface area (Å²) in [6.07, 6.45) is 3.54. The van der Waals surface area contributed by atoms with Crippen LogP contribution in [0.25, 0.3) is 0 Å². The molecule has 0 unspecified atom stereocenters. The summed E-state index contributed by atoms with van der Waals surface area (Å²) in [6, 6.07) is 1.90. The number of thiazole rings is 1. The first-order valence-electron chi connectivity index (χ1n) is 5.81. The van der Waals surface area contributed by atoms with Crippen LogP contribution in [0.5, 0.6) is 0 Å². The van der Waals surface area contributed by atoms with E-state index in [0.717, 1.165) is 37.1 Å². The summed E-state index contributed by atoms with van der Waals surface area (Å²) in [6.45, 7) is 3.76. The molecule has 0 spiro atoms. The van der Waals surface area contributed by atoms with Crippen molar-refractivity contribution in [2.24, 2.45) is 0 Å². The third kappa shape index (κ3) is 2.21. The summed E-state index contributed by atoms with van der Waals surface area (Å²) >= 11 is 1.68. The fraction of sp³-hybridized carbons (Fsp3) is 0.364. The van der Waals surface area contributed by atoms with Gasteiger partial charge in [-0.3, -0.25) is 0 Å². The Hall–Kier alpha value is -1.89. The van der Waals surface area contributed by atoms with Gasteiger partial charge in [0.05, 0.1) is 0 Å². The van der Waals surface area contributed by atoms with E-state index in [1.54, 1.807) is 17.5 Å². The summed E-state index contributed by atoms with van der Waals surface area (Å²) in [5.74, 6) is 1.23. The highest BCUT2D eigenvalue weighted by molar-refractivity contribution is 7.13. The van der Waals surface area contributed by atoms with E-state index in [4.69, 9.17) is 5.73 Å². The standard InChI is InChI=1S/C11H14N6S/c12-10-13-2-1-9(15-10)16-4-6-17(7-5-16)11-14-3-8-18-11/h1-3,8H,4-7H2,(H2,12,13,15). The molecule has 2 N–H and O–H groups in total. The molecule has 1 aliphatic heterocycles. The van der Waals surface area contributed by atoms with Gasteiger partial charge in [-0.15, -0.1) is 11.3 Å². The highest BCUT2D eigenvalue weighted by Crippen LogP contribution is 2.20. The Bertz CT molecular complexity index is 506. The number of anilines is 3. The van der Waals surface area contributed by atoms with Crippen LogP contribution in [0.3, 0.4) is 0 Å². The van der Waals surface area contributed by atoms with Crippen molar-refractivity contribution in [2.75, 3.05) is 41.7 Å². The Morgan fingerprint density at radius 3 is 2.50 bits per heavy atom. The van der Waals surface area contributed by atoms with Crippen LogP contribution in [0.2, 0.25) is 0 Å². The molecule has 7 heteroatoms. The van der Waals surface area contributed by atoms with Crippen LogP contribution in [-0.4, -0.2) is 41.1 Å². The minimum absolute atomic E-state index is 0.329. The molecule has 6 nitrogen and oxygen atoms in total. The van der Waals surface area contributed by atoms with E-state index in [0.29, 0.717) is 5.95 Å². The lowest BCUT2D eigenvalue weighted by molar-refractivity contribution is 0.646. The van der Waals surface area contributed by atoms with E-state index in [9.17, 15) is 0 Å². The second-order valence-electron chi connectivity index (χ2n) is 4.06. The molecule has 0 bridgehead atoms. The van der Waals surface area contributed by atoms with Crippen molar-refractivity contribution in [3.63, 3.8) is 0 Å². The molecule has 3 rings (SSSR count). The summed E-state index contributed by atoms with van der Waals surface area (Å²) in [5.41, 5.74) is 5.60. The maximum absolute atomic E-state index is 5.60. The molecule has 1 aliphatic rings. The molecule has 94 valence electrons. The van der Waals surface area contributed by atoms with Gasteiger partial charge >= 0.3 is 0 Å². The summed E-state index contributed by atoms with van der Waals surface area (Å²) < 4.78 is 0. The number of rotatable bonds is 2. The van der Waals surface area contributed by atoms with Crippen LogP contribution in [0.4, 0.5) is 16.9 Å². The number of piperazine rings is 1. The largest absolute Gasteiger partial charge is 0.368 e. The first kappa shape index (κ1) is 11.2. The van der Waals surface area contributed by atoms with Crippen LogP contribution >= 0.6 is 11.3 Å². The van der Waals surface area contributed by atoms with Gasteiger partial charge in [-0.2, -0.15) is 4.98 Å². The summed E-state index contributed by atoms with van der Waals surface area (Å²) in [4.78, 5) is 17.0. The first-order chi connectivity index (χ1) is 8.83. The minimum Gasteiger partial charge on any atom is -0.368 e. The maximum Gasteiger partial charge on any atom is 0.221 e. The third-order valence-corrected chi connectivity index (χ3v) is 3.79. The van der Waals surface area contributed by atoms with Crippen molar-refractivity contribution in [1.29, 1.82) is 0 Å². The maximum atomic E-state index is 5.60. The van der Waals surface area contributed by atoms with Gasteiger partial charge in [-0.25, -0.2) is 9.97 Å². The van der Waals surface area contributed by atoms with Gasteiger partial charge < -0.3 is 15.5 Å². The quantitative estimate of drug-likeness (QED) is 0.865. The monoisotopic (exact) mass is 262 g/mol. The number of nitrogen functional groups attached to an aromatic ring is 1. The Balaban J connectivity index is 1.67. The van der Waals surface area contributed by atoms with Crippen LogP contribution in [0.15, 0.2) is 23.8 Å². The van der Waals surface area contributed by atoms with Crippen molar-refractivity contribution in [1.82, 2.24) is 15.0 Å². The lowest BCUT2D eigenvalue weighted by Crippen LogP contribution is -2.46. The van der Waals surface area contributed by atoms with Crippen molar-refractivity contribution in [3.05, 3.63) is 23.8 Å². The molecule has 1 fully saturated rings. The molecule has 0 aromatic carbocycles. The topological polar surface area (TPSA) is 71.2 Å². The van der Waals surface area contributed by atoms with Gasteiger partial charge in [0.25, 0.3) is 0 Å². The van der Waals surface area contributed by atoms with Crippen LogP contribution < -0.4 is 15.5 Å². The lowest BCUT2D eigenvalue weighted by Gasteiger charge is -2.35. The average Bonchev–Trinajstić information content (AvgIpc) is 2.93. The second-order valence-corrected chi connectivity index (χ2v) is 4.93. The molecule has 0 radical (unpaired) electrons. The molecular weight excluding hydrogens is 248 g/mol. The highest BCUT2D eigenvalue weighted by Gasteiger charge is 2.19. The van der Waals surface area contributed by atoms with Gasteiger partial charge in [0.1, 0.15) is 5.82 Å². The number of aromatic nitrogens is 3. The molecule has 18 heavy (non-hydrogen) atoms. The van der Waals surface area contributed by atoms with Crippen molar-refractivity contribution in [3.8, 4) is 0 Å². The fourth-order valence-electron chi connectivity index (χ4n) is 2.04. The van der Waals surface area contributed by atoms with E-state index < -0.39 is 0 Å². The Morgan fingerprint density at radius 2 is 1.83 bits per heavy atom. The lowest BCUT2D eigenvalue weighted by atomic mass is 10.3. The molecule has 1 saturated heterocycles. The second kappa shape index (κ2) is 4.77. The fourth-order valence-corrected chi connectivity index (χ4v) is 2.74. The Kier molecular flexibility index (Phi) is 2.97. The third-order valence-electron chi connectivity index (χ3n) is 2.95. The predicted molar refractivity (Wildman–Crippen MR) is 73.0 cm³/mol. The van der Waals surface area contributed by atoms with Gasteiger partial charge in [0.15, 0.2) is 5.13 Å². The first-order valence-corrected chi connectivity index (χ1v) is 6.69. The number of nitrogens with two attached hydrogens (primary N) is 1. The molecule has 0 amide bonds. The zero-order chi connectivity index (χ0) is 12.4. The van der Waals surface area contributed by atoms with Gasteiger partial charge in [0.2, 0.25) is 5.95 Å². The van der Waals surface area contributed by atoms with Crippen LogP contribution in [0.1, 0.15) is 0 Å². The van der Waals surface area contributed by atoms with E-state index in [1.165, 1.54) is 0 Å². The summed E-state index contributed by atoms with van der Waals surface area (Å²) in [7, 11) is 0. The highest BCUT2D eigenvalue weighted by atomic mass is 32.1. The predicted octanol–water partition coefficient (Wildman–Crippen LogP) is 0.842. The van der Waals surface area contributed by atoms with Gasteiger partial charge in [-0.05, 0) is 6.07 Å². The minimum atomic E-state index is 0.329. The molecular formula is C11H14N6S. The molecule has 3 heterocycles. The van der Waals surface area contributed by atoms with E-state index in [1.807, 2.05) is 17.6 Å². The normalized spacial score (nSPS) is 16.0. The SMILES string of the molecule is Nc1nccc(N2CCN(c3nccs3)CC2)n1. The Labute approximate surface area is 109 Å². The molecule has 0 atom stereocenters. The van der Waals surface area contributed by atoms with Gasteiger partial charge in [0, 0.05) is 44.0 Å².